The van der Waals surface area contributed by atoms with Crippen molar-refractivity contribution in [3.8, 4) is 6.07 Å². The van der Waals surface area contributed by atoms with Crippen LogP contribution >= 0.6 is 0 Å². The van der Waals surface area contributed by atoms with Crippen molar-refractivity contribution in [1.82, 2.24) is 0 Å². The molecule has 7 nitrogen and oxygen atoms in total. The minimum atomic E-state index is -0.535. The van der Waals surface area contributed by atoms with Gasteiger partial charge in [-0.3, -0.25) is 14.9 Å². The number of carbonyl (C=O) groups excluding carboxylic acids is 1. The number of nitriles is 1. The lowest BCUT2D eigenvalue weighted by Crippen LogP contribution is -2.11. The van der Waals surface area contributed by atoms with Crippen molar-refractivity contribution in [2.75, 3.05) is 11.9 Å². The zero-order chi connectivity index (χ0) is 14.3. The van der Waals surface area contributed by atoms with Crippen molar-refractivity contribution in [2.24, 2.45) is 5.73 Å². The summed E-state index contributed by atoms with van der Waals surface area (Å²) in [5.74, 6) is -0.357. The molecule has 0 aliphatic heterocycles. The summed E-state index contributed by atoms with van der Waals surface area (Å²) in [6.07, 6.45) is 1.61. The maximum Gasteiger partial charge on any atom is 0.293 e. The van der Waals surface area contributed by atoms with Gasteiger partial charge in [0.2, 0.25) is 5.91 Å². The third-order valence-electron chi connectivity index (χ3n) is 2.49. The number of benzene rings is 1. The number of nitro benzene ring substituents is 1. The van der Waals surface area contributed by atoms with Gasteiger partial charge in [-0.05, 0) is 25.0 Å². The summed E-state index contributed by atoms with van der Waals surface area (Å²) < 4.78 is 0. The van der Waals surface area contributed by atoms with Crippen molar-refractivity contribution in [2.45, 2.75) is 19.3 Å². The van der Waals surface area contributed by atoms with Gasteiger partial charge in [-0.2, -0.15) is 5.26 Å². The Morgan fingerprint density at radius 3 is 2.79 bits per heavy atom. The summed E-state index contributed by atoms with van der Waals surface area (Å²) in [6.45, 7) is 0.500. The molecule has 100 valence electrons. The molecule has 1 amide bonds. The van der Waals surface area contributed by atoms with Crippen molar-refractivity contribution >= 4 is 17.3 Å². The fraction of sp³-hybridized carbons (Fsp3) is 0.333. The Labute approximate surface area is 110 Å². The molecule has 0 unspecified atom stereocenters. The highest BCUT2D eigenvalue weighted by atomic mass is 16.6. The van der Waals surface area contributed by atoms with Crippen LogP contribution in [-0.2, 0) is 4.79 Å². The van der Waals surface area contributed by atoms with Gasteiger partial charge in [-0.1, -0.05) is 0 Å². The highest BCUT2D eigenvalue weighted by Gasteiger charge is 2.14. The maximum absolute atomic E-state index is 10.9. The van der Waals surface area contributed by atoms with E-state index in [2.05, 4.69) is 5.32 Å². The SMILES string of the molecule is N#Cc1ccc(NCCCCC(N)=O)c([N+](=O)[O-])c1. The largest absolute Gasteiger partial charge is 0.379 e. The lowest BCUT2D eigenvalue weighted by molar-refractivity contribution is -0.384. The number of amides is 1. The standard InChI is InChI=1S/C12H14N4O3/c13-8-9-4-5-10(11(7-9)16(18)19)15-6-2-1-3-12(14)17/h4-5,7,15H,1-3,6H2,(H2,14,17). The van der Waals surface area contributed by atoms with Crippen LogP contribution in [0.15, 0.2) is 18.2 Å². The van der Waals surface area contributed by atoms with Gasteiger partial charge in [-0.25, -0.2) is 0 Å². The highest BCUT2D eigenvalue weighted by molar-refractivity contribution is 5.73. The second-order valence-electron chi connectivity index (χ2n) is 3.95. The Hall–Kier alpha value is -2.62. The van der Waals surface area contributed by atoms with E-state index in [-0.39, 0.29) is 17.2 Å². The van der Waals surface area contributed by atoms with E-state index in [9.17, 15) is 14.9 Å². The third kappa shape index (κ3) is 4.63. The molecule has 1 rings (SSSR count). The second kappa shape index (κ2) is 6.96. The fourth-order valence-corrected chi connectivity index (χ4v) is 1.55. The number of anilines is 1. The topological polar surface area (TPSA) is 122 Å². The molecule has 0 spiro atoms. The zero-order valence-corrected chi connectivity index (χ0v) is 10.3. The average Bonchev–Trinajstić information content (AvgIpc) is 2.38. The zero-order valence-electron chi connectivity index (χ0n) is 10.3. The number of nitro groups is 1. The first-order chi connectivity index (χ1) is 9.04. The Morgan fingerprint density at radius 2 is 2.21 bits per heavy atom. The Kier molecular flexibility index (Phi) is 5.29. The van der Waals surface area contributed by atoms with Gasteiger partial charge >= 0.3 is 0 Å². The van der Waals surface area contributed by atoms with E-state index in [0.29, 0.717) is 31.5 Å². The number of nitrogens with one attached hydrogen (secondary N) is 1. The Bertz CT molecular complexity index is 522. The number of hydrogen-bond acceptors (Lipinski definition) is 5. The number of carbonyl (C=O) groups is 1. The molecule has 0 fully saturated rings. The molecule has 0 saturated heterocycles. The van der Waals surface area contributed by atoms with Gasteiger partial charge in [0.25, 0.3) is 5.69 Å². The van der Waals surface area contributed by atoms with Gasteiger partial charge in [0.05, 0.1) is 16.6 Å². The molecule has 0 atom stereocenters. The summed E-state index contributed by atoms with van der Waals surface area (Å²) in [6, 6.07) is 6.10. The fourth-order valence-electron chi connectivity index (χ4n) is 1.55. The van der Waals surface area contributed by atoms with Crippen LogP contribution in [0.25, 0.3) is 0 Å². The summed E-state index contributed by atoms with van der Waals surface area (Å²) in [5.41, 5.74) is 5.48. The van der Waals surface area contributed by atoms with Crippen LogP contribution in [0.4, 0.5) is 11.4 Å². The van der Waals surface area contributed by atoms with E-state index in [1.54, 1.807) is 0 Å². The van der Waals surface area contributed by atoms with Gasteiger partial charge in [0.15, 0.2) is 0 Å². The first-order valence-electron chi connectivity index (χ1n) is 5.75. The van der Waals surface area contributed by atoms with Crippen molar-refractivity contribution < 1.29 is 9.72 Å². The number of nitrogens with two attached hydrogens (primary N) is 1. The minimum absolute atomic E-state index is 0.131. The molecule has 0 aliphatic carbocycles. The monoisotopic (exact) mass is 262 g/mol. The molecule has 0 heterocycles. The number of unbranched alkanes of at least 4 members (excludes halogenated alkanes) is 1. The number of primary amides is 1. The first kappa shape index (κ1) is 14.4. The molecular weight excluding hydrogens is 248 g/mol. The molecule has 1 aromatic rings. The summed E-state index contributed by atoms with van der Waals surface area (Å²) in [5, 5.41) is 22.5. The maximum atomic E-state index is 10.9. The van der Waals surface area contributed by atoms with E-state index in [4.69, 9.17) is 11.0 Å². The summed E-state index contributed by atoms with van der Waals surface area (Å²) in [7, 11) is 0. The molecule has 0 bridgehead atoms. The summed E-state index contributed by atoms with van der Waals surface area (Å²) >= 11 is 0. The quantitative estimate of drug-likeness (QED) is 0.438. The van der Waals surface area contributed by atoms with Crippen molar-refractivity contribution in [3.05, 3.63) is 33.9 Å². The van der Waals surface area contributed by atoms with E-state index in [0.717, 1.165) is 0 Å². The predicted molar refractivity (Wildman–Crippen MR) is 69.3 cm³/mol. The molecule has 7 heteroatoms. The predicted octanol–water partition coefficient (Wildman–Crippen LogP) is 1.53. The summed E-state index contributed by atoms with van der Waals surface area (Å²) in [4.78, 5) is 20.9. The van der Waals surface area contributed by atoms with Crippen LogP contribution in [0.3, 0.4) is 0 Å². The minimum Gasteiger partial charge on any atom is -0.379 e. The van der Waals surface area contributed by atoms with Crippen molar-refractivity contribution in [1.29, 1.82) is 5.26 Å². The van der Waals surface area contributed by atoms with Crippen LogP contribution in [0, 0.1) is 21.4 Å². The molecule has 0 saturated carbocycles. The molecule has 0 aromatic heterocycles. The first-order valence-corrected chi connectivity index (χ1v) is 5.75. The van der Waals surface area contributed by atoms with E-state index in [1.165, 1.54) is 18.2 Å². The number of nitrogens with zero attached hydrogens (tertiary/aromatic N) is 2. The Balaban J connectivity index is 2.60. The van der Waals surface area contributed by atoms with Gasteiger partial charge in [-0.15, -0.1) is 0 Å². The van der Waals surface area contributed by atoms with Gasteiger partial charge in [0, 0.05) is 19.0 Å². The lowest BCUT2D eigenvalue weighted by atomic mass is 10.2. The highest BCUT2D eigenvalue weighted by Crippen LogP contribution is 2.25. The number of rotatable bonds is 7. The molecule has 0 aliphatic rings. The van der Waals surface area contributed by atoms with E-state index >= 15 is 0 Å². The average molecular weight is 262 g/mol. The molecule has 19 heavy (non-hydrogen) atoms. The van der Waals surface area contributed by atoms with E-state index < -0.39 is 4.92 Å². The van der Waals surface area contributed by atoms with Crippen LogP contribution in [-0.4, -0.2) is 17.4 Å². The van der Waals surface area contributed by atoms with Gasteiger partial charge in [0.1, 0.15) is 5.69 Å². The van der Waals surface area contributed by atoms with Crippen LogP contribution in [0.5, 0.6) is 0 Å². The van der Waals surface area contributed by atoms with Crippen LogP contribution in [0.2, 0.25) is 0 Å². The molecular formula is C12H14N4O3. The lowest BCUT2D eigenvalue weighted by Gasteiger charge is -2.06. The van der Waals surface area contributed by atoms with Crippen LogP contribution < -0.4 is 11.1 Å². The number of hydrogen-bond donors (Lipinski definition) is 2. The third-order valence-corrected chi connectivity index (χ3v) is 2.49. The molecule has 0 radical (unpaired) electrons. The smallest absolute Gasteiger partial charge is 0.293 e. The van der Waals surface area contributed by atoms with E-state index in [1.807, 2.05) is 6.07 Å². The molecule has 1 aromatic carbocycles. The van der Waals surface area contributed by atoms with Crippen molar-refractivity contribution in [3.63, 3.8) is 0 Å². The second-order valence-corrected chi connectivity index (χ2v) is 3.95. The Morgan fingerprint density at radius 1 is 1.47 bits per heavy atom. The molecule has 3 N–H and O–H groups in total. The normalized spacial score (nSPS) is 9.63. The van der Waals surface area contributed by atoms with Crippen LogP contribution in [0.1, 0.15) is 24.8 Å². The van der Waals surface area contributed by atoms with Gasteiger partial charge < -0.3 is 11.1 Å².